The molecule has 0 radical (unpaired) electrons. The highest BCUT2D eigenvalue weighted by Crippen LogP contribution is 2.19. The molecule has 0 aliphatic carbocycles. The summed E-state index contributed by atoms with van der Waals surface area (Å²) in [6, 6.07) is 4.15. The summed E-state index contributed by atoms with van der Waals surface area (Å²) in [5.41, 5.74) is 0. The molecule has 1 aromatic rings. The lowest BCUT2D eigenvalue weighted by Gasteiger charge is -2.30. The van der Waals surface area contributed by atoms with E-state index in [2.05, 4.69) is 50.2 Å². The molecule has 0 saturated carbocycles. The van der Waals surface area contributed by atoms with Gasteiger partial charge in [0.05, 0.1) is 0 Å². The molecular weight excluding hydrogens is 278 g/mol. The fourth-order valence-corrected chi connectivity index (χ4v) is 2.55. The van der Waals surface area contributed by atoms with Crippen molar-refractivity contribution in [2.45, 2.75) is 19.8 Å². The first-order valence-electron chi connectivity index (χ1n) is 6.37. The molecule has 1 aliphatic heterocycles. The van der Waals surface area contributed by atoms with E-state index in [1.807, 2.05) is 6.20 Å². The summed E-state index contributed by atoms with van der Waals surface area (Å²) in [7, 11) is 0. The number of hydrogen-bond acceptors (Lipinski definition) is 3. The van der Waals surface area contributed by atoms with E-state index in [1.54, 1.807) is 0 Å². The van der Waals surface area contributed by atoms with E-state index in [1.165, 1.54) is 12.8 Å². The minimum Gasteiger partial charge on any atom is -0.357 e. The Bertz CT molecular complexity index is 333. The van der Waals surface area contributed by atoms with Crippen LogP contribution >= 0.6 is 15.9 Å². The van der Waals surface area contributed by atoms with Crippen LogP contribution in [0.15, 0.2) is 22.8 Å². The Hall–Kier alpha value is -0.610. The molecule has 0 amide bonds. The maximum Gasteiger partial charge on any atom is 0.128 e. The zero-order chi connectivity index (χ0) is 12.1. The van der Waals surface area contributed by atoms with Crippen molar-refractivity contribution in [3.63, 3.8) is 0 Å². The van der Waals surface area contributed by atoms with Gasteiger partial charge in [0.1, 0.15) is 5.82 Å². The number of hydrogen-bond donors (Lipinski definition) is 1. The summed E-state index contributed by atoms with van der Waals surface area (Å²) in [5, 5.41) is 3.41. The van der Waals surface area contributed by atoms with Crippen molar-refractivity contribution in [1.29, 1.82) is 0 Å². The molecule has 1 fully saturated rings. The summed E-state index contributed by atoms with van der Waals surface area (Å²) in [6.07, 6.45) is 4.44. The third-order valence-electron chi connectivity index (χ3n) is 3.35. The summed E-state index contributed by atoms with van der Waals surface area (Å²) < 4.78 is 1.04. The Morgan fingerprint density at radius 2 is 2.18 bits per heavy atom. The van der Waals surface area contributed by atoms with Gasteiger partial charge < -0.3 is 10.2 Å². The van der Waals surface area contributed by atoms with Gasteiger partial charge in [0.15, 0.2) is 0 Å². The molecular formula is C13H20BrN3. The van der Waals surface area contributed by atoms with Gasteiger partial charge in [-0.2, -0.15) is 0 Å². The van der Waals surface area contributed by atoms with E-state index in [-0.39, 0.29) is 0 Å². The van der Waals surface area contributed by atoms with Crippen LogP contribution in [0.1, 0.15) is 19.8 Å². The van der Waals surface area contributed by atoms with E-state index in [9.17, 15) is 0 Å². The number of aromatic nitrogens is 1. The molecule has 4 heteroatoms. The van der Waals surface area contributed by atoms with Crippen LogP contribution in [0.5, 0.6) is 0 Å². The first kappa shape index (κ1) is 12.8. The molecule has 0 aromatic carbocycles. The van der Waals surface area contributed by atoms with E-state index in [0.717, 1.165) is 42.4 Å². The third-order valence-corrected chi connectivity index (χ3v) is 3.82. The van der Waals surface area contributed by atoms with Crippen LogP contribution in [0.4, 0.5) is 5.82 Å². The number of halogens is 1. The van der Waals surface area contributed by atoms with Gasteiger partial charge in [-0.1, -0.05) is 0 Å². The molecule has 1 N–H and O–H groups in total. The fourth-order valence-electron chi connectivity index (χ4n) is 2.32. The average molecular weight is 298 g/mol. The molecule has 3 nitrogen and oxygen atoms in total. The Kier molecular flexibility index (Phi) is 4.80. The molecule has 1 saturated heterocycles. The van der Waals surface area contributed by atoms with Crippen molar-refractivity contribution in [1.82, 2.24) is 10.3 Å². The summed E-state index contributed by atoms with van der Waals surface area (Å²) in [6.45, 7) is 6.68. The summed E-state index contributed by atoms with van der Waals surface area (Å²) >= 11 is 3.43. The van der Waals surface area contributed by atoms with Crippen molar-refractivity contribution >= 4 is 21.7 Å². The smallest absolute Gasteiger partial charge is 0.128 e. The van der Waals surface area contributed by atoms with Gasteiger partial charge in [-0.3, -0.25) is 0 Å². The molecule has 2 rings (SSSR count). The minimum absolute atomic E-state index is 0.807. The van der Waals surface area contributed by atoms with Crippen molar-refractivity contribution in [3.05, 3.63) is 22.8 Å². The number of nitrogens with one attached hydrogen (secondary N) is 1. The van der Waals surface area contributed by atoms with Crippen molar-refractivity contribution in [3.8, 4) is 0 Å². The SMILES string of the molecule is CCN(CC1CCNCC1)c1ccc(Br)cn1. The molecule has 0 bridgehead atoms. The quantitative estimate of drug-likeness (QED) is 0.926. The van der Waals surface area contributed by atoms with Crippen molar-refractivity contribution in [2.75, 3.05) is 31.1 Å². The van der Waals surface area contributed by atoms with Crippen LogP contribution in [0, 0.1) is 5.92 Å². The molecule has 0 spiro atoms. The van der Waals surface area contributed by atoms with Gasteiger partial charge in [-0.05, 0) is 66.8 Å². The van der Waals surface area contributed by atoms with Crippen LogP contribution in [0.3, 0.4) is 0 Å². The molecule has 1 aromatic heterocycles. The number of pyridine rings is 1. The first-order chi connectivity index (χ1) is 8.29. The standard InChI is InChI=1S/C13H20BrN3/c1-2-17(10-11-5-7-15-8-6-11)13-4-3-12(14)9-16-13/h3-4,9,11,15H,2,5-8,10H2,1H3. The Balaban J connectivity index is 1.97. The topological polar surface area (TPSA) is 28.2 Å². The number of piperidine rings is 1. The second kappa shape index (κ2) is 6.36. The number of rotatable bonds is 4. The predicted molar refractivity (Wildman–Crippen MR) is 75.4 cm³/mol. The second-order valence-corrected chi connectivity index (χ2v) is 5.48. The molecule has 1 aliphatic rings. The zero-order valence-corrected chi connectivity index (χ0v) is 11.9. The van der Waals surface area contributed by atoms with Crippen LogP contribution in [-0.2, 0) is 0 Å². The van der Waals surface area contributed by atoms with E-state index < -0.39 is 0 Å². The van der Waals surface area contributed by atoms with Crippen LogP contribution in [0.25, 0.3) is 0 Å². The fraction of sp³-hybridized carbons (Fsp3) is 0.615. The van der Waals surface area contributed by atoms with Crippen LogP contribution in [-0.4, -0.2) is 31.2 Å². The summed E-state index contributed by atoms with van der Waals surface area (Å²) in [4.78, 5) is 6.86. The Morgan fingerprint density at radius 1 is 1.41 bits per heavy atom. The number of nitrogens with zero attached hydrogens (tertiary/aromatic N) is 2. The molecule has 0 unspecified atom stereocenters. The molecule has 2 heterocycles. The second-order valence-electron chi connectivity index (χ2n) is 4.57. The highest BCUT2D eigenvalue weighted by molar-refractivity contribution is 9.10. The predicted octanol–water partition coefficient (Wildman–Crippen LogP) is 2.67. The monoisotopic (exact) mass is 297 g/mol. The molecule has 17 heavy (non-hydrogen) atoms. The highest BCUT2D eigenvalue weighted by Gasteiger charge is 2.16. The third kappa shape index (κ3) is 3.68. The molecule has 0 atom stereocenters. The van der Waals surface area contributed by atoms with Gasteiger partial charge in [-0.25, -0.2) is 4.98 Å². The lowest BCUT2D eigenvalue weighted by atomic mass is 9.97. The minimum atomic E-state index is 0.807. The highest BCUT2D eigenvalue weighted by atomic mass is 79.9. The van der Waals surface area contributed by atoms with Gasteiger partial charge in [0.25, 0.3) is 0 Å². The molecule has 94 valence electrons. The van der Waals surface area contributed by atoms with Crippen LogP contribution < -0.4 is 10.2 Å². The van der Waals surface area contributed by atoms with Crippen molar-refractivity contribution < 1.29 is 0 Å². The van der Waals surface area contributed by atoms with Crippen LogP contribution in [0.2, 0.25) is 0 Å². The largest absolute Gasteiger partial charge is 0.357 e. The summed E-state index contributed by atoms with van der Waals surface area (Å²) in [5.74, 6) is 1.90. The maximum atomic E-state index is 4.48. The normalized spacial score (nSPS) is 17.1. The average Bonchev–Trinajstić information content (AvgIpc) is 2.38. The van der Waals surface area contributed by atoms with E-state index in [0.29, 0.717) is 0 Å². The maximum absolute atomic E-state index is 4.48. The van der Waals surface area contributed by atoms with Gasteiger partial charge in [0, 0.05) is 23.8 Å². The van der Waals surface area contributed by atoms with E-state index in [4.69, 9.17) is 0 Å². The number of anilines is 1. The Morgan fingerprint density at radius 3 is 2.76 bits per heavy atom. The Labute approximate surface area is 112 Å². The van der Waals surface area contributed by atoms with E-state index >= 15 is 0 Å². The lowest BCUT2D eigenvalue weighted by molar-refractivity contribution is 0.374. The van der Waals surface area contributed by atoms with Gasteiger partial charge in [-0.15, -0.1) is 0 Å². The first-order valence-corrected chi connectivity index (χ1v) is 7.16. The van der Waals surface area contributed by atoms with Gasteiger partial charge in [0.2, 0.25) is 0 Å². The van der Waals surface area contributed by atoms with Crippen molar-refractivity contribution in [2.24, 2.45) is 5.92 Å². The zero-order valence-electron chi connectivity index (χ0n) is 10.3. The van der Waals surface area contributed by atoms with Gasteiger partial charge >= 0.3 is 0 Å². The lowest BCUT2D eigenvalue weighted by Crippen LogP contribution is -2.36.